The van der Waals surface area contributed by atoms with Gasteiger partial charge in [-0.15, -0.1) is 0 Å². The normalized spacial score (nSPS) is 17.7. The van der Waals surface area contributed by atoms with Crippen LogP contribution in [0, 0.1) is 5.41 Å². The van der Waals surface area contributed by atoms with Crippen molar-refractivity contribution in [3.8, 4) is 0 Å². The van der Waals surface area contributed by atoms with E-state index in [1.807, 2.05) is 6.92 Å². The fraction of sp³-hybridized carbons (Fsp3) is 0.455. The molecule has 1 aromatic rings. The lowest BCUT2D eigenvalue weighted by Gasteiger charge is -2.13. The Kier molecular flexibility index (Phi) is 3.66. The molecule has 0 saturated heterocycles. The molecule has 0 aliphatic heterocycles. The number of nitrogen functional groups attached to an aromatic ring is 1. The Morgan fingerprint density at radius 3 is 2.67 bits per heavy atom. The van der Waals surface area contributed by atoms with Crippen LogP contribution in [0.1, 0.15) is 19.8 Å². The molecule has 18 heavy (non-hydrogen) atoms. The van der Waals surface area contributed by atoms with E-state index in [1.54, 1.807) is 6.07 Å². The Morgan fingerprint density at radius 2 is 2.11 bits per heavy atom. The monoisotopic (exact) mass is 352 g/mol. The van der Waals surface area contributed by atoms with Gasteiger partial charge in [-0.05, 0) is 46.3 Å². The lowest BCUT2D eigenvalue weighted by Crippen LogP contribution is -2.29. The molecule has 0 aromatic heterocycles. The molecule has 0 atom stereocenters. The predicted molar refractivity (Wildman–Crippen MR) is 76.1 cm³/mol. The number of hydrogen-bond donors (Lipinski definition) is 2. The molecule has 1 aliphatic carbocycles. The summed E-state index contributed by atoms with van der Waals surface area (Å²) in [6, 6.07) is 2.94. The molecule has 0 amide bonds. The molecular weight excluding hydrogens is 340 g/mol. The fourth-order valence-corrected chi connectivity index (χ4v) is 3.87. The average molecular weight is 354 g/mol. The lowest BCUT2D eigenvalue weighted by molar-refractivity contribution is 0.530. The van der Waals surface area contributed by atoms with Gasteiger partial charge in [0.1, 0.15) is 4.90 Å². The van der Waals surface area contributed by atoms with Crippen molar-refractivity contribution in [2.75, 3.05) is 12.3 Å². The first-order valence-electron chi connectivity index (χ1n) is 5.48. The van der Waals surface area contributed by atoms with Crippen LogP contribution in [0.3, 0.4) is 0 Å². The van der Waals surface area contributed by atoms with E-state index in [9.17, 15) is 8.42 Å². The Balaban J connectivity index is 2.29. The number of rotatable bonds is 4. The van der Waals surface area contributed by atoms with Crippen LogP contribution in [-0.4, -0.2) is 15.0 Å². The van der Waals surface area contributed by atoms with E-state index in [1.165, 1.54) is 6.07 Å². The lowest BCUT2D eigenvalue weighted by atomic mass is 10.2. The van der Waals surface area contributed by atoms with E-state index in [-0.39, 0.29) is 15.3 Å². The largest absolute Gasteiger partial charge is 0.399 e. The van der Waals surface area contributed by atoms with E-state index in [4.69, 9.17) is 17.3 Å². The summed E-state index contributed by atoms with van der Waals surface area (Å²) in [5, 5.41) is 0.151. The van der Waals surface area contributed by atoms with Gasteiger partial charge in [0.05, 0.1) is 5.02 Å². The highest BCUT2D eigenvalue weighted by Crippen LogP contribution is 2.44. The van der Waals surface area contributed by atoms with Gasteiger partial charge in [-0.3, -0.25) is 0 Å². The first kappa shape index (κ1) is 14.1. The minimum absolute atomic E-state index is 0.0142. The van der Waals surface area contributed by atoms with E-state index in [0.29, 0.717) is 16.7 Å². The Labute approximate surface area is 120 Å². The molecule has 1 saturated carbocycles. The zero-order chi connectivity index (χ0) is 13.6. The molecule has 0 radical (unpaired) electrons. The number of nitrogens with one attached hydrogen (secondary N) is 1. The summed E-state index contributed by atoms with van der Waals surface area (Å²) in [6.07, 6.45) is 2.09. The summed E-state index contributed by atoms with van der Waals surface area (Å²) in [6.45, 7) is 2.48. The van der Waals surface area contributed by atoms with Crippen LogP contribution in [0.5, 0.6) is 0 Å². The van der Waals surface area contributed by atoms with Crippen molar-refractivity contribution in [2.24, 2.45) is 5.41 Å². The van der Waals surface area contributed by atoms with Crippen molar-refractivity contribution in [1.82, 2.24) is 4.72 Å². The van der Waals surface area contributed by atoms with Crippen molar-refractivity contribution >= 4 is 43.2 Å². The first-order chi connectivity index (χ1) is 8.23. The number of anilines is 1. The van der Waals surface area contributed by atoms with Gasteiger partial charge in [0.15, 0.2) is 0 Å². The molecule has 0 spiro atoms. The van der Waals surface area contributed by atoms with Gasteiger partial charge in [0.2, 0.25) is 10.0 Å². The third-order valence-electron chi connectivity index (χ3n) is 3.10. The molecule has 0 heterocycles. The molecule has 0 bridgehead atoms. The van der Waals surface area contributed by atoms with Crippen LogP contribution < -0.4 is 10.5 Å². The van der Waals surface area contributed by atoms with Gasteiger partial charge >= 0.3 is 0 Å². The van der Waals surface area contributed by atoms with E-state index in [2.05, 4.69) is 20.7 Å². The minimum atomic E-state index is -3.62. The molecule has 1 aromatic carbocycles. The maximum atomic E-state index is 12.2. The summed E-state index contributed by atoms with van der Waals surface area (Å²) in [7, 11) is -3.62. The molecule has 1 aliphatic rings. The van der Waals surface area contributed by atoms with Crippen LogP contribution in [0.25, 0.3) is 0 Å². The fourth-order valence-electron chi connectivity index (χ4n) is 1.52. The molecule has 3 N–H and O–H groups in total. The highest BCUT2D eigenvalue weighted by atomic mass is 79.9. The van der Waals surface area contributed by atoms with Crippen LogP contribution in [-0.2, 0) is 10.0 Å². The number of hydrogen-bond acceptors (Lipinski definition) is 3. The maximum Gasteiger partial charge on any atom is 0.242 e. The van der Waals surface area contributed by atoms with Gasteiger partial charge in [0.25, 0.3) is 0 Å². The second-order valence-corrected chi connectivity index (χ2v) is 7.92. The number of halogens is 2. The summed E-state index contributed by atoms with van der Waals surface area (Å²) in [5.41, 5.74) is 6.08. The van der Waals surface area contributed by atoms with Crippen molar-refractivity contribution in [3.63, 3.8) is 0 Å². The third-order valence-corrected chi connectivity index (χ3v) is 5.90. The van der Waals surface area contributed by atoms with Crippen LogP contribution in [0.2, 0.25) is 5.02 Å². The number of benzene rings is 1. The quantitative estimate of drug-likeness (QED) is 0.818. The minimum Gasteiger partial charge on any atom is -0.399 e. The zero-order valence-corrected chi connectivity index (χ0v) is 13.0. The maximum absolute atomic E-state index is 12.2. The second kappa shape index (κ2) is 4.67. The molecule has 2 rings (SSSR count). The van der Waals surface area contributed by atoms with Gasteiger partial charge in [0, 0.05) is 16.7 Å². The summed E-state index contributed by atoms with van der Waals surface area (Å²) in [4.78, 5) is 0.0142. The van der Waals surface area contributed by atoms with Crippen LogP contribution >= 0.6 is 27.5 Å². The molecular formula is C11H14BrClN2O2S. The van der Waals surface area contributed by atoms with Gasteiger partial charge < -0.3 is 5.73 Å². The Bertz CT molecular complexity index is 585. The third kappa shape index (κ3) is 2.99. The molecule has 100 valence electrons. The number of sulfonamides is 1. The highest BCUT2D eigenvalue weighted by Gasteiger charge is 2.38. The standard InChI is InChI=1S/C11H14BrClN2O2S/c1-11(2-3-11)6-15-18(16,17)9-5-7(14)4-8(12)10(9)13/h4-5,15H,2-3,6,14H2,1H3. The van der Waals surface area contributed by atoms with Gasteiger partial charge in [-0.1, -0.05) is 18.5 Å². The van der Waals surface area contributed by atoms with Crippen molar-refractivity contribution in [3.05, 3.63) is 21.6 Å². The van der Waals surface area contributed by atoms with E-state index in [0.717, 1.165) is 12.8 Å². The van der Waals surface area contributed by atoms with Crippen LogP contribution in [0.15, 0.2) is 21.5 Å². The van der Waals surface area contributed by atoms with Gasteiger partial charge in [-0.25, -0.2) is 13.1 Å². The van der Waals surface area contributed by atoms with Crippen molar-refractivity contribution < 1.29 is 8.42 Å². The van der Waals surface area contributed by atoms with Crippen LogP contribution in [0.4, 0.5) is 5.69 Å². The topological polar surface area (TPSA) is 72.2 Å². The first-order valence-corrected chi connectivity index (χ1v) is 8.13. The summed E-state index contributed by atoms with van der Waals surface area (Å²) in [5.74, 6) is 0. The Hall–Kier alpha value is -0.300. The summed E-state index contributed by atoms with van der Waals surface area (Å²) < 4.78 is 27.4. The number of nitrogens with two attached hydrogens (primary N) is 1. The van der Waals surface area contributed by atoms with E-state index >= 15 is 0 Å². The van der Waals surface area contributed by atoms with E-state index < -0.39 is 10.0 Å². The Morgan fingerprint density at radius 1 is 1.50 bits per heavy atom. The van der Waals surface area contributed by atoms with Crippen molar-refractivity contribution in [2.45, 2.75) is 24.7 Å². The predicted octanol–water partition coefficient (Wildman–Crippen LogP) is 2.76. The smallest absolute Gasteiger partial charge is 0.242 e. The molecule has 4 nitrogen and oxygen atoms in total. The second-order valence-electron chi connectivity index (χ2n) is 4.95. The molecule has 7 heteroatoms. The highest BCUT2D eigenvalue weighted by molar-refractivity contribution is 9.10. The SMILES string of the molecule is CC1(CNS(=O)(=O)c2cc(N)cc(Br)c2Cl)CC1. The average Bonchev–Trinajstić information content (AvgIpc) is 3.00. The molecule has 1 fully saturated rings. The van der Waals surface area contributed by atoms with Crippen molar-refractivity contribution in [1.29, 1.82) is 0 Å². The zero-order valence-electron chi connectivity index (χ0n) is 9.83. The van der Waals surface area contributed by atoms with Gasteiger partial charge in [-0.2, -0.15) is 0 Å². The molecule has 0 unspecified atom stereocenters. The summed E-state index contributed by atoms with van der Waals surface area (Å²) >= 11 is 9.18.